The Bertz CT molecular complexity index is 645. The van der Waals surface area contributed by atoms with Crippen molar-refractivity contribution >= 4 is 5.91 Å². The summed E-state index contributed by atoms with van der Waals surface area (Å²) in [5, 5.41) is 2.82. The van der Waals surface area contributed by atoms with Crippen molar-refractivity contribution in [1.29, 1.82) is 0 Å². The van der Waals surface area contributed by atoms with Gasteiger partial charge in [0.25, 0.3) is 5.91 Å². The summed E-state index contributed by atoms with van der Waals surface area (Å²) in [7, 11) is 3.04. The molecule has 24 heavy (non-hydrogen) atoms. The largest absolute Gasteiger partial charge is 0.496 e. The second-order valence-corrected chi connectivity index (χ2v) is 5.14. The van der Waals surface area contributed by atoms with Gasteiger partial charge in [-0.15, -0.1) is 0 Å². The molecule has 0 bridgehead atoms. The summed E-state index contributed by atoms with van der Waals surface area (Å²) < 4.78 is 16.1. The predicted molar refractivity (Wildman–Crippen MR) is 93.2 cm³/mol. The highest BCUT2D eigenvalue weighted by Crippen LogP contribution is 2.27. The van der Waals surface area contributed by atoms with Gasteiger partial charge < -0.3 is 19.5 Å². The zero-order valence-electron chi connectivity index (χ0n) is 14.3. The number of ether oxygens (including phenoxy) is 3. The summed E-state index contributed by atoms with van der Waals surface area (Å²) in [4.78, 5) is 12.4. The van der Waals surface area contributed by atoms with Crippen LogP contribution in [0.5, 0.6) is 17.2 Å². The highest BCUT2D eigenvalue weighted by molar-refractivity contribution is 5.99. The van der Waals surface area contributed by atoms with E-state index in [1.54, 1.807) is 18.2 Å². The molecule has 0 spiro atoms. The van der Waals surface area contributed by atoms with Gasteiger partial charge in [-0.3, -0.25) is 4.79 Å². The van der Waals surface area contributed by atoms with Crippen LogP contribution in [0.2, 0.25) is 0 Å². The molecule has 0 aliphatic heterocycles. The van der Waals surface area contributed by atoms with Crippen LogP contribution in [0.15, 0.2) is 42.5 Å². The Hall–Kier alpha value is -2.69. The molecular weight excluding hydrogens is 306 g/mol. The van der Waals surface area contributed by atoms with Gasteiger partial charge in [0.15, 0.2) is 0 Å². The Morgan fingerprint density at radius 1 is 1.00 bits per heavy atom. The fourth-order valence-corrected chi connectivity index (χ4v) is 2.32. The Balaban J connectivity index is 1.89. The van der Waals surface area contributed by atoms with Gasteiger partial charge in [0, 0.05) is 0 Å². The minimum Gasteiger partial charge on any atom is -0.496 e. The van der Waals surface area contributed by atoms with Crippen molar-refractivity contribution < 1.29 is 19.0 Å². The van der Waals surface area contributed by atoms with Crippen LogP contribution in [0.25, 0.3) is 0 Å². The molecule has 2 aromatic rings. The summed E-state index contributed by atoms with van der Waals surface area (Å²) in [6.45, 7) is 2.88. The zero-order valence-corrected chi connectivity index (χ0v) is 14.3. The van der Waals surface area contributed by atoms with E-state index < -0.39 is 0 Å². The lowest BCUT2D eigenvalue weighted by Gasteiger charge is -2.13. The summed E-state index contributed by atoms with van der Waals surface area (Å²) in [6.07, 6.45) is 0.997. The monoisotopic (exact) mass is 329 g/mol. The molecule has 5 nitrogen and oxygen atoms in total. The normalized spacial score (nSPS) is 10.1. The number of benzene rings is 2. The van der Waals surface area contributed by atoms with Crippen LogP contribution in [-0.2, 0) is 6.42 Å². The number of methoxy groups -OCH3 is 2. The standard InChI is InChI=1S/C19H23NO4/c1-4-14-8-10-15(11-9-14)24-13-12-20-19(21)18-16(22-2)6-5-7-17(18)23-3/h5-11H,4,12-13H2,1-3H3,(H,20,21). The molecular formula is C19H23NO4. The van der Waals surface area contributed by atoms with Gasteiger partial charge >= 0.3 is 0 Å². The number of rotatable bonds is 8. The van der Waals surface area contributed by atoms with E-state index in [0.717, 1.165) is 12.2 Å². The van der Waals surface area contributed by atoms with Crippen LogP contribution >= 0.6 is 0 Å². The molecule has 0 saturated carbocycles. The van der Waals surface area contributed by atoms with Gasteiger partial charge in [-0.25, -0.2) is 0 Å². The number of aryl methyl sites for hydroxylation is 1. The molecule has 0 atom stereocenters. The fraction of sp³-hybridized carbons (Fsp3) is 0.316. The van der Waals surface area contributed by atoms with Crippen molar-refractivity contribution in [2.75, 3.05) is 27.4 Å². The van der Waals surface area contributed by atoms with Crippen LogP contribution in [0.4, 0.5) is 0 Å². The van der Waals surface area contributed by atoms with Crippen LogP contribution in [-0.4, -0.2) is 33.3 Å². The molecule has 5 heteroatoms. The lowest BCUT2D eigenvalue weighted by Crippen LogP contribution is -2.28. The molecule has 0 aromatic heterocycles. The van der Waals surface area contributed by atoms with Gasteiger partial charge in [-0.05, 0) is 36.2 Å². The van der Waals surface area contributed by atoms with E-state index in [9.17, 15) is 4.79 Å². The van der Waals surface area contributed by atoms with Crippen LogP contribution in [0.1, 0.15) is 22.8 Å². The van der Waals surface area contributed by atoms with Crippen molar-refractivity contribution in [1.82, 2.24) is 5.32 Å². The van der Waals surface area contributed by atoms with E-state index in [-0.39, 0.29) is 5.91 Å². The van der Waals surface area contributed by atoms with E-state index in [0.29, 0.717) is 30.2 Å². The van der Waals surface area contributed by atoms with Crippen molar-refractivity contribution in [2.24, 2.45) is 0 Å². The van der Waals surface area contributed by atoms with Gasteiger partial charge in [0.1, 0.15) is 29.4 Å². The van der Waals surface area contributed by atoms with Crippen molar-refractivity contribution in [3.63, 3.8) is 0 Å². The number of carbonyl (C=O) groups is 1. The molecule has 0 fully saturated rings. The molecule has 128 valence electrons. The summed E-state index contributed by atoms with van der Waals surface area (Å²) in [6, 6.07) is 13.2. The number of amides is 1. The highest BCUT2D eigenvalue weighted by Gasteiger charge is 2.17. The van der Waals surface area contributed by atoms with Gasteiger partial charge in [0.2, 0.25) is 0 Å². The second kappa shape index (κ2) is 8.82. The van der Waals surface area contributed by atoms with Crippen LogP contribution < -0.4 is 19.5 Å². The van der Waals surface area contributed by atoms with E-state index in [1.807, 2.05) is 24.3 Å². The smallest absolute Gasteiger partial charge is 0.258 e. The van der Waals surface area contributed by atoms with Crippen LogP contribution in [0.3, 0.4) is 0 Å². The highest BCUT2D eigenvalue weighted by atomic mass is 16.5. The number of hydrogen-bond acceptors (Lipinski definition) is 4. The first kappa shape index (κ1) is 17.7. The Labute approximate surface area is 142 Å². The minimum absolute atomic E-state index is 0.255. The van der Waals surface area contributed by atoms with Crippen molar-refractivity contribution in [3.8, 4) is 17.2 Å². The fourth-order valence-electron chi connectivity index (χ4n) is 2.32. The SMILES string of the molecule is CCc1ccc(OCCNC(=O)c2c(OC)cccc2OC)cc1. The van der Waals surface area contributed by atoms with Gasteiger partial charge in [-0.2, -0.15) is 0 Å². The summed E-state index contributed by atoms with van der Waals surface area (Å²) in [5.41, 5.74) is 1.65. The Kier molecular flexibility index (Phi) is 6.49. The van der Waals surface area contributed by atoms with Crippen molar-refractivity contribution in [2.45, 2.75) is 13.3 Å². The average Bonchev–Trinajstić information content (AvgIpc) is 2.64. The molecule has 0 heterocycles. The molecule has 0 aliphatic carbocycles. The molecule has 2 aromatic carbocycles. The lowest BCUT2D eigenvalue weighted by atomic mass is 10.1. The Morgan fingerprint density at radius 3 is 2.17 bits per heavy atom. The quantitative estimate of drug-likeness (QED) is 0.756. The Morgan fingerprint density at radius 2 is 1.62 bits per heavy atom. The molecule has 0 saturated heterocycles. The molecule has 0 radical (unpaired) electrons. The lowest BCUT2D eigenvalue weighted by molar-refractivity contribution is 0.0940. The maximum absolute atomic E-state index is 12.4. The summed E-state index contributed by atoms with van der Waals surface area (Å²) >= 11 is 0. The molecule has 0 aliphatic rings. The third-order valence-electron chi connectivity index (χ3n) is 3.64. The zero-order chi connectivity index (χ0) is 17.4. The minimum atomic E-state index is -0.255. The molecule has 1 N–H and O–H groups in total. The van der Waals surface area contributed by atoms with E-state index >= 15 is 0 Å². The number of carbonyl (C=O) groups excluding carboxylic acids is 1. The maximum atomic E-state index is 12.4. The third kappa shape index (κ3) is 4.41. The first-order valence-corrected chi connectivity index (χ1v) is 7.90. The third-order valence-corrected chi connectivity index (χ3v) is 3.64. The van der Waals surface area contributed by atoms with Gasteiger partial charge in [-0.1, -0.05) is 25.1 Å². The molecule has 0 unspecified atom stereocenters. The summed E-state index contributed by atoms with van der Waals surface area (Å²) in [5.74, 6) is 1.48. The topological polar surface area (TPSA) is 56.8 Å². The van der Waals surface area contributed by atoms with Crippen LogP contribution in [0, 0.1) is 0 Å². The number of nitrogens with one attached hydrogen (secondary N) is 1. The number of hydrogen-bond donors (Lipinski definition) is 1. The van der Waals surface area contributed by atoms with E-state index in [2.05, 4.69) is 12.2 Å². The molecule has 1 amide bonds. The second-order valence-electron chi connectivity index (χ2n) is 5.14. The first-order valence-electron chi connectivity index (χ1n) is 7.90. The van der Waals surface area contributed by atoms with Crippen molar-refractivity contribution in [3.05, 3.63) is 53.6 Å². The van der Waals surface area contributed by atoms with Gasteiger partial charge in [0.05, 0.1) is 20.8 Å². The first-order chi connectivity index (χ1) is 11.7. The average molecular weight is 329 g/mol. The van der Waals surface area contributed by atoms with E-state index in [4.69, 9.17) is 14.2 Å². The molecule has 2 rings (SSSR count). The predicted octanol–water partition coefficient (Wildman–Crippen LogP) is 3.08. The maximum Gasteiger partial charge on any atom is 0.258 e. The van der Waals surface area contributed by atoms with E-state index in [1.165, 1.54) is 19.8 Å².